The van der Waals surface area contributed by atoms with Gasteiger partial charge in [0.1, 0.15) is 12.3 Å². The summed E-state index contributed by atoms with van der Waals surface area (Å²) in [6, 6.07) is 13.8. The van der Waals surface area contributed by atoms with Crippen molar-refractivity contribution in [1.29, 1.82) is 0 Å². The zero-order valence-electron chi connectivity index (χ0n) is 16.6. The van der Waals surface area contributed by atoms with Crippen LogP contribution in [0.5, 0.6) is 11.5 Å². The molecule has 0 fully saturated rings. The lowest BCUT2D eigenvalue weighted by atomic mass is 10.2. The van der Waals surface area contributed by atoms with Crippen molar-refractivity contribution in [2.75, 3.05) is 12.0 Å². The molecular formula is C21H23N5O3. The van der Waals surface area contributed by atoms with Gasteiger partial charge in [-0.2, -0.15) is 15.2 Å². The second kappa shape index (κ2) is 9.50. The van der Waals surface area contributed by atoms with E-state index in [1.165, 1.54) is 5.56 Å². The summed E-state index contributed by atoms with van der Waals surface area (Å²) >= 11 is 0. The summed E-state index contributed by atoms with van der Waals surface area (Å²) < 4.78 is 11.6. The molecule has 8 heteroatoms. The first-order valence-electron chi connectivity index (χ1n) is 9.22. The lowest BCUT2D eigenvalue weighted by Gasteiger charge is -2.13. The standard InChI is InChI=1S/C21H23N5O3/c1-4-28-19-11-17(12-22-25-20-15(3)24-26-21(27)23-20)9-10-18(19)29-13-16-7-5-14(2)6-8-16/h5-12H,4,13H2,1-3H3,(H2,23,25,26,27)/b22-12-. The quantitative estimate of drug-likeness (QED) is 0.450. The van der Waals surface area contributed by atoms with Gasteiger partial charge in [0.2, 0.25) is 0 Å². The van der Waals surface area contributed by atoms with Gasteiger partial charge >= 0.3 is 5.69 Å². The van der Waals surface area contributed by atoms with Crippen LogP contribution in [0.15, 0.2) is 52.4 Å². The molecule has 8 nitrogen and oxygen atoms in total. The number of hydrogen-bond acceptors (Lipinski definition) is 7. The fourth-order valence-electron chi connectivity index (χ4n) is 2.50. The first-order valence-corrected chi connectivity index (χ1v) is 9.22. The van der Waals surface area contributed by atoms with E-state index in [1.54, 1.807) is 13.1 Å². The molecule has 2 N–H and O–H groups in total. The van der Waals surface area contributed by atoms with Crippen molar-refractivity contribution in [2.45, 2.75) is 27.4 Å². The van der Waals surface area contributed by atoms with E-state index in [4.69, 9.17) is 9.47 Å². The van der Waals surface area contributed by atoms with Crippen LogP contribution in [0.2, 0.25) is 0 Å². The van der Waals surface area contributed by atoms with Gasteiger partial charge in [-0.1, -0.05) is 29.8 Å². The molecule has 0 saturated heterocycles. The summed E-state index contributed by atoms with van der Waals surface area (Å²) in [4.78, 5) is 15.0. The SMILES string of the molecule is CCOc1cc(/C=N\Nc2nc(=O)[nH]nc2C)ccc1OCc1ccc(C)cc1. The van der Waals surface area contributed by atoms with Crippen LogP contribution in [-0.4, -0.2) is 28.0 Å². The Morgan fingerprint density at radius 2 is 1.90 bits per heavy atom. The molecule has 0 amide bonds. The number of ether oxygens (including phenoxy) is 2. The molecule has 29 heavy (non-hydrogen) atoms. The molecule has 0 aliphatic heterocycles. The Morgan fingerprint density at radius 3 is 2.66 bits per heavy atom. The Hall–Kier alpha value is -3.68. The largest absolute Gasteiger partial charge is 0.490 e. The monoisotopic (exact) mass is 393 g/mol. The molecule has 2 aromatic carbocycles. The molecule has 0 aliphatic carbocycles. The first-order chi connectivity index (χ1) is 14.0. The van der Waals surface area contributed by atoms with Crippen molar-refractivity contribution in [3.05, 3.63) is 75.3 Å². The van der Waals surface area contributed by atoms with Gasteiger partial charge < -0.3 is 9.47 Å². The summed E-state index contributed by atoms with van der Waals surface area (Å²) in [5.41, 5.74) is 5.82. The molecule has 1 heterocycles. The average molecular weight is 393 g/mol. The number of hydrogen-bond donors (Lipinski definition) is 2. The lowest BCUT2D eigenvalue weighted by Crippen LogP contribution is -2.15. The third-order valence-electron chi connectivity index (χ3n) is 4.04. The number of anilines is 1. The van der Waals surface area contributed by atoms with Crippen molar-refractivity contribution < 1.29 is 9.47 Å². The number of nitrogens with one attached hydrogen (secondary N) is 2. The van der Waals surface area contributed by atoms with Gasteiger partial charge in [0.15, 0.2) is 17.3 Å². The minimum absolute atomic E-state index is 0.299. The Labute approximate surface area is 168 Å². The summed E-state index contributed by atoms with van der Waals surface area (Å²) in [5, 5.41) is 10.2. The fourth-order valence-corrected chi connectivity index (χ4v) is 2.50. The predicted molar refractivity (Wildman–Crippen MR) is 112 cm³/mol. The van der Waals surface area contributed by atoms with Crippen LogP contribution in [0, 0.1) is 13.8 Å². The maximum Gasteiger partial charge on any atom is 0.363 e. The Bertz CT molecular complexity index is 1040. The van der Waals surface area contributed by atoms with Crippen molar-refractivity contribution in [3.63, 3.8) is 0 Å². The van der Waals surface area contributed by atoms with E-state index < -0.39 is 5.69 Å². The van der Waals surface area contributed by atoms with Crippen molar-refractivity contribution in [3.8, 4) is 11.5 Å². The maximum atomic E-state index is 11.3. The van der Waals surface area contributed by atoms with Crippen LogP contribution in [0.25, 0.3) is 0 Å². The molecule has 0 unspecified atom stereocenters. The molecule has 3 aromatic rings. The third-order valence-corrected chi connectivity index (χ3v) is 4.04. The van der Waals surface area contributed by atoms with E-state index in [9.17, 15) is 4.79 Å². The first kappa shape index (κ1) is 20.1. The van der Waals surface area contributed by atoms with Gasteiger partial charge in [-0.25, -0.2) is 9.89 Å². The minimum atomic E-state index is -0.540. The molecule has 0 atom stereocenters. The molecule has 3 rings (SSSR count). The zero-order valence-corrected chi connectivity index (χ0v) is 16.6. The fraction of sp³-hybridized carbons (Fsp3) is 0.238. The summed E-state index contributed by atoms with van der Waals surface area (Å²) in [6.07, 6.45) is 1.61. The van der Waals surface area contributed by atoms with Gasteiger partial charge in [0, 0.05) is 0 Å². The number of benzene rings is 2. The van der Waals surface area contributed by atoms with Gasteiger partial charge in [0.25, 0.3) is 0 Å². The van der Waals surface area contributed by atoms with E-state index in [0.29, 0.717) is 36.2 Å². The normalized spacial score (nSPS) is 10.9. The highest BCUT2D eigenvalue weighted by atomic mass is 16.5. The number of rotatable bonds is 8. The van der Waals surface area contributed by atoms with Gasteiger partial charge in [-0.3, -0.25) is 5.43 Å². The van der Waals surface area contributed by atoms with Gasteiger partial charge in [-0.05, 0) is 50.1 Å². The second-order valence-electron chi connectivity index (χ2n) is 6.36. The van der Waals surface area contributed by atoms with Gasteiger partial charge in [-0.15, -0.1) is 0 Å². The van der Waals surface area contributed by atoms with Crippen LogP contribution in [0.3, 0.4) is 0 Å². The molecule has 1 aromatic heterocycles. The number of H-pyrrole nitrogens is 1. The van der Waals surface area contributed by atoms with Crippen LogP contribution >= 0.6 is 0 Å². The van der Waals surface area contributed by atoms with E-state index >= 15 is 0 Å². The van der Waals surface area contributed by atoms with Crippen LogP contribution in [0.4, 0.5) is 5.82 Å². The number of aryl methyl sites for hydroxylation is 2. The van der Waals surface area contributed by atoms with Crippen LogP contribution < -0.4 is 20.6 Å². The van der Waals surface area contributed by atoms with Crippen molar-refractivity contribution in [1.82, 2.24) is 15.2 Å². The highest BCUT2D eigenvalue weighted by molar-refractivity contribution is 5.81. The topological polar surface area (TPSA) is 101 Å². The number of aromatic nitrogens is 3. The molecule has 0 bridgehead atoms. The molecular weight excluding hydrogens is 370 g/mol. The summed E-state index contributed by atoms with van der Waals surface area (Å²) in [6.45, 7) is 6.66. The Balaban J connectivity index is 1.70. The van der Waals surface area contributed by atoms with Crippen molar-refractivity contribution in [2.24, 2.45) is 5.10 Å². The number of nitrogens with zero attached hydrogens (tertiary/aromatic N) is 3. The number of aromatic amines is 1. The Morgan fingerprint density at radius 1 is 1.10 bits per heavy atom. The van der Waals surface area contributed by atoms with Crippen LogP contribution in [-0.2, 0) is 6.61 Å². The minimum Gasteiger partial charge on any atom is -0.490 e. The van der Waals surface area contributed by atoms with Crippen molar-refractivity contribution >= 4 is 12.0 Å². The summed E-state index contributed by atoms with van der Waals surface area (Å²) in [5.74, 6) is 1.60. The second-order valence-corrected chi connectivity index (χ2v) is 6.36. The number of hydrazone groups is 1. The molecule has 0 aliphatic rings. The third kappa shape index (κ3) is 5.65. The maximum absolute atomic E-state index is 11.3. The predicted octanol–water partition coefficient (Wildman–Crippen LogP) is 3.21. The summed E-state index contributed by atoms with van der Waals surface area (Å²) in [7, 11) is 0. The smallest absolute Gasteiger partial charge is 0.363 e. The molecule has 0 spiro atoms. The highest BCUT2D eigenvalue weighted by Gasteiger charge is 2.07. The molecule has 0 radical (unpaired) electrons. The van der Waals surface area contributed by atoms with E-state index in [1.807, 2.05) is 37.3 Å². The van der Waals surface area contributed by atoms with E-state index in [0.717, 1.165) is 11.1 Å². The van der Waals surface area contributed by atoms with E-state index in [-0.39, 0.29) is 0 Å². The highest BCUT2D eigenvalue weighted by Crippen LogP contribution is 2.29. The lowest BCUT2D eigenvalue weighted by molar-refractivity contribution is 0.269. The molecule has 150 valence electrons. The molecule has 0 saturated carbocycles. The van der Waals surface area contributed by atoms with E-state index in [2.05, 4.69) is 44.8 Å². The Kier molecular flexibility index (Phi) is 6.57. The average Bonchev–Trinajstić information content (AvgIpc) is 2.71. The van der Waals surface area contributed by atoms with Gasteiger partial charge in [0.05, 0.1) is 12.8 Å². The van der Waals surface area contributed by atoms with Crippen LogP contribution in [0.1, 0.15) is 29.3 Å². The zero-order chi connectivity index (χ0) is 20.6.